The molecule has 0 bridgehead atoms. The molecule has 0 aliphatic rings. The molecule has 0 aliphatic heterocycles. The number of rotatable bonds is 7. The van der Waals surface area contributed by atoms with E-state index in [-0.39, 0.29) is 5.91 Å². The summed E-state index contributed by atoms with van der Waals surface area (Å²) in [5, 5.41) is 2.90. The van der Waals surface area contributed by atoms with Gasteiger partial charge in [-0.05, 0) is 41.5 Å². The van der Waals surface area contributed by atoms with Crippen molar-refractivity contribution in [2.24, 2.45) is 0 Å². The van der Waals surface area contributed by atoms with E-state index in [9.17, 15) is 4.79 Å². The average molecular weight is 394 g/mol. The zero-order valence-corrected chi connectivity index (χ0v) is 16.5. The molecular formula is C25H22N4O. The van der Waals surface area contributed by atoms with Gasteiger partial charge in [0.1, 0.15) is 5.82 Å². The number of aromatic nitrogens is 2. The van der Waals surface area contributed by atoms with E-state index in [4.69, 9.17) is 0 Å². The highest BCUT2D eigenvalue weighted by Gasteiger charge is 2.13. The maximum Gasteiger partial charge on any atom is 0.253 e. The van der Waals surface area contributed by atoms with Crippen molar-refractivity contribution in [3.63, 3.8) is 0 Å². The minimum Gasteiger partial charge on any atom is -0.348 e. The minimum atomic E-state index is -0.160. The lowest BCUT2D eigenvalue weighted by Crippen LogP contribution is -2.23. The van der Waals surface area contributed by atoms with Crippen LogP contribution >= 0.6 is 0 Å². The minimum absolute atomic E-state index is 0.160. The predicted molar refractivity (Wildman–Crippen MR) is 118 cm³/mol. The molecule has 0 spiro atoms. The Balaban J connectivity index is 1.51. The molecule has 0 saturated heterocycles. The molecule has 4 rings (SSSR count). The Morgan fingerprint density at radius 1 is 0.800 bits per heavy atom. The second-order valence-electron chi connectivity index (χ2n) is 6.86. The van der Waals surface area contributed by atoms with E-state index in [0.717, 1.165) is 17.1 Å². The summed E-state index contributed by atoms with van der Waals surface area (Å²) in [6.07, 6.45) is 5.07. The zero-order chi connectivity index (χ0) is 20.6. The van der Waals surface area contributed by atoms with Gasteiger partial charge in [0.15, 0.2) is 0 Å². The number of para-hydroxylation sites is 1. The standard InChI is InChI=1S/C25H22N4O/c30-25(28-17-21-10-7-15-26-16-21)22-13-14-24(27-18-22)29(23-11-5-2-6-12-23)19-20-8-3-1-4-9-20/h1-16,18H,17,19H2,(H,28,30). The van der Waals surface area contributed by atoms with Crippen molar-refractivity contribution >= 4 is 17.4 Å². The molecule has 0 radical (unpaired) electrons. The van der Waals surface area contributed by atoms with Crippen molar-refractivity contribution in [3.05, 3.63) is 120 Å². The third kappa shape index (κ3) is 4.89. The van der Waals surface area contributed by atoms with Crippen LogP contribution in [0.4, 0.5) is 11.5 Å². The molecule has 4 aromatic rings. The largest absolute Gasteiger partial charge is 0.348 e. The Morgan fingerprint density at radius 3 is 2.20 bits per heavy atom. The summed E-state index contributed by atoms with van der Waals surface area (Å²) in [4.78, 5) is 23.2. The highest BCUT2D eigenvalue weighted by atomic mass is 16.1. The summed E-state index contributed by atoms with van der Waals surface area (Å²) >= 11 is 0. The maximum atomic E-state index is 12.5. The number of nitrogens with zero attached hydrogens (tertiary/aromatic N) is 3. The van der Waals surface area contributed by atoms with Gasteiger partial charge in [-0.15, -0.1) is 0 Å². The summed E-state index contributed by atoms with van der Waals surface area (Å²) in [6, 6.07) is 27.8. The van der Waals surface area contributed by atoms with Crippen LogP contribution in [-0.4, -0.2) is 15.9 Å². The Kier molecular flexibility index (Phi) is 6.11. The second-order valence-corrected chi connectivity index (χ2v) is 6.86. The van der Waals surface area contributed by atoms with Crippen molar-refractivity contribution in [2.75, 3.05) is 4.90 Å². The lowest BCUT2D eigenvalue weighted by atomic mass is 10.2. The molecule has 5 heteroatoms. The third-order valence-corrected chi connectivity index (χ3v) is 4.71. The quantitative estimate of drug-likeness (QED) is 0.492. The first-order valence-electron chi connectivity index (χ1n) is 9.79. The summed E-state index contributed by atoms with van der Waals surface area (Å²) in [6.45, 7) is 1.11. The van der Waals surface area contributed by atoms with Crippen molar-refractivity contribution < 1.29 is 4.79 Å². The molecule has 0 atom stereocenters. The lowest BCUT2D eigenvalue weighted by molar-refractivity contribution is 0.0950. The smallest absolute Gasteiger partial charge is 0.253 e. The van der Waals surface area contributed by atoms with Gasteiger partial charge in [-0.25, -0.2) is 4.98 Å². The molecule has 30 heavy (non-hydrogen) atoms. The first kappa shape index (κ1) is 19.3. The summed E-state index contributed by atoms with van der Waals surface area (Å²) in [7, 11) is 0. The highest BCUT2D eigenvalue weighted by molar-refractivity contribution is 5.94. The maximum absolute atomic E-state index is 12.5. The van der Waals surface area contributed by atoms with E-state index in [0.29, 0.717) is 18.7 Å². The number of amides is 1. The van der Waals surface area contributed by atoms with E-state index in [1.54, 1.807) is 18.6 Å². The van der Waals surface area contributed by atoms with Crippen LogP contribution in [0.15, 0.2) is 104 Å². The fourth-order valence-corrected chi connectivity index (χ4v) is 3.15. The van der Waals surface area contributed by atoms with Crippen LogP contribution in [0.5, 0.6) is 0 Å². The molecule has 2 aromatic carbocycles. The summed E-state index contributed by atoms with van der Waals surface area (Å²) < 4.78 is 0. The van der Waals surface area contributed by atoms with Crippen molar-refractivity contribution in [3.8, 4) is 0 Å². The fraction of sp³-hybridized carbons (Fsp3) is 0.0800. The van der Waals surface area contributed by atoms with Crippen LogP contribution in [0.25, 0.3) is 0 Å². The lowest BCUT2D eigenvalue weighted by Gasteiger charge is -2.24. The molecule has 2 aromatic heterocycles. The van der Waals surface area contributed by atoms with Crippen LogP contribution in [0.2, 0.25) is 0 Å². The Labute approximate surface area is 176 Å². The van der Waals surface area contributed by atoms with Crippen molar-refractivity contribution in [1.82, 2.24) is 15.3 Å². The SMILES string of the molecule is O=C(NCc1cccnc1)c1ccc(N(Cc2ccccc2)c2ccccc2)nc1. The number of carbonyl (C=O) groups is 1. The third-order valence-electron chi connectivity index (χ3n) is 4.71. The van der Waals surface area contributed by atoms with Gasteiger partial charge in [0.2, 0.25) is 0 Å². The molecule has 1 amide bonds. The Bertz CT molecular complexity index is 1070. The van der Waals surface area contributed by atoms with E-state index < -0.39 is 0 Å². The first-order valence-corrected chi connectivity index (χ1v) is 9.79. The van der Waals surface area contributed by atoms with Gasteiger partial charge in [-0.1, -0.05) is 54.6 Å². The van der Waals surface area contributed by atoms with Crippen LogP contribution < -0.4 is 10.2 Å². The molecule has 0 fully saturated rings. The van der Waals surface area contributed by atoms with Crippen LogP contribution in [0.1, 0.15) is 21.5 Å². The highest BCUT2D eigenvalue weighted by Crippen LogP contribution is 2.25. The fourth-order valence-electron chi connectivity index (χ4n) is 3.15. The predicted octanol–water partition coefficient (Wildman–Crippen LogP) is 4.74. The number of pyridine rings is 2. The molecule has 5 nitrogen and oxygen atoms in total. The van der Waals surface area contributed by atoms with Crippen molar-refractivity contribution in [2.45, 2.75) is 13.1 Å². The van der Waals surface area contributed by atoms with Crippen molar-refractivity contribution in [1.29, 1.82) is 0 Å². The molecule has 1 N–H and O–H groups in total. The van der Waals surface area contributed by atoms with Gasteiger partial charge in [-0.2, -0.15) is 0 Å². The van der Waals surface area contributed by atoms with E-state index >= 15 is 0 Å². The zero-order valence-electron chi connectivity index (χ0n) is 16.5. The van der Waals surface area contributed by atoms with E-state index in [1.807, 2.05) is 60.7 Å². The average Bonchev–Trinajstić information content (AvgIpc) is 2.83. The number of hydrogen-bond donors (Lipinski definition) is 1. The van der Waals surface area contributed by atoms with E-state index in [1.165, 1.54) is 5.56 Å². The van der Waals surface area contributed by atoms with Gasteiger partial charge >= 0.3 is 0 Å². The first-order chi connectivity index (χ1) is 14.8. The molecule has 148 valence electrons. The topological polar surface area (TPSA) is 58.1 Å². The van der Waals surface area contributed by atoms with Crippen LogP contribution in [-0.2, 0) is 13.1 Å². The molecule has 0 unspecified atom stereocenters. The molecule has 0 saturated carbocycles. The Hall–Kier alpha value is -3.99. The number of benzene rings is 2. The van der Waals surface area contributed by atoms with Gasteiger partial charge in [-0.3, -0.25) is 9.78 Å². The van der Waals surface area contributed by atoms with E-state index in [2.05, 4.69) is 44.5 Å². The Morgan fingerprint density at radius 2 is 1.53 bits per heavy atom. The summed E-state index contributed by atoms with van der Waals surface area (Å²) in [5.74, 6) is 0.626. The van der Waals surface area contributed by atoms with Gasteiger partial charge < -0.3 is 10.2 Å². The summed E-state index contributed by atoms with van der Waals surface area (Å²) in [5.41, 5.74) is 3.70. The normalized spacial score (nSPS) is 10.4. The monoisotopic (exact) mass is 394 g/mol. The van der Waals surface area contributed by atoms with Crippen LogP contribution in [0.3, 0.4) is 0 Å². The molecule has 2 heterocycles. The van der Waals surface area contributed by atoms with Gasteiger partial charge in [0.25, 0.3) is 5.91 Å². The molecule has 0 aliphatic carbocycles. The number of hydrogen-bond acceptors (Lipinski definition) is 4. The van der Waals surface area contributed by atoms with Gasteiger partial charge in [0, 0.05) is 37.4 Å². The second kappa shape index (κ2) is 9.47. The van der Waals surface area contributed by atoms with Crippen LogP contribution in [0, 0.1) is 0 Å². The number of anilines is 2. The number of nitrogens with one attached hydrogen (secondary N) is 1. The van der Waals surface area contributed by atoms with Gasteiger partial charge in [0.05, 0.1) is 5.56 Å². The molecular weight excluding hydrogens is 372 g/mol. The number of carbonyl (C=O) groups excluding carboxylic acids is 1.